The summed E-state index contributed by atoms with van der Waals surface area (Å²) in [4.78, 5) is 5.61. The third kappa shape index (κ3) is 2.38. The van der Waals surface area contributed by atoms with Crippen LogP contribution < -0.4 is 5.32 Å². The highest BCUT2D eigenvalue weighted by molar-refractivity contribution is 7.99. The Hall–Kier alpha value is -2.00. The van der Waals surface area contributed by atoms with Crippen LogP contribution in [-0.4, -0.2) is 10.7 Å². The fraction of sp³-hybridized carbons (Fsp3) is 0.167. The van der Waals surface area contributed by atoms with Crippen molar-refractivity contribution in [2.75, 3.05) is 11.1 Å². The van der Waals surface area contributed by atoms with E-state index >= 15 is 0 Å². The number of benzene rings is 2. The number of aromatic nitrogens is 1. The van der Waals surface area contributed by atoms with Gasteiger partial charge in [0, 0.05) is 39.5 Å². The Morgan fingerprint density at radius 3 is 3.00 bits per heavy atom. The minimum absolute atomic E-state index is 0.390. The van der Waals surface area contributed by atoms with Gasteiger partial charge in [0.2, 0.25) is 0 Å². The summed E-state index contributed by atoms with van der Waals surface area (Å²) in [6.45, 7) is 0. The van der Waals surface area contributed by atoms with Gasteiger partial charge in [-0.25, -0.2) is 0 Å². The first kappa shape index (κ1) is 12.7. The first-order chi connectivity index (χ1) is 10.4. The Morgan fingerprint density at radius 1 is 1.05 bits per heavy atom. The lowest BCUT2D eigenvalue weighted by Gasteiger charge is -2.27. The molecule has 0 fully saturated rings. The van der Waals surface area contributed by atoms with Crippen LogP contribution in [0.4, 0.5) is 5.69 Å². The van der Waals surface area contributed by atoms with Gasteiger partial charge < -0.3 is 5.32 Å². The fourth-order valence-corrected chi connectivity index (χ4v) is 4.05. The van der Waals surface area contributed by atoms with Crippen molar-refractivity contribution in [3.63, 3.8) is 0 Å². The molecule has 21 heavy (non-hydrogen) atoms. The Morgan fingerprint density at radius 2 is 2.00 bits per heavy atom. The molecular formula is C18H16N2S. The number of thioether (sulfide) groups is 1. The van der Waals surface area contributed by atoms with E-state index in [1.807, 2.05) is 24.2 Å². The van der Waals surface area contributed by atoms with Gasteiger partial charge in [0.05, 0.1) is 6.04 Å². The molecule has 1 atom stereocenters. The van der Waals surface area contributed by atoms with Crippen molar-refractivity contribution in [2.24, 2.45) is 0 Å². The Kier molecular flexibility index (Phi) is 3.28. The molecule has 1 N–H and O–H groups in total. The zero-order valence-corrected chi connectivity index (χ0v) is 12.4. The molecule has 104 valence electrons. The lowest BCUT2D eigenvalue weighted by atomic mass is 10.0. The third-order valence-corrected chi connectivity index (χ3v) is 5.09. The molecule has 0 amide bonds. The van der Waals surface area contributed by atoms with Crippen LogP contribution in [0.2, 0.25) is 0 Å². The molecule has 2 heterocycles. The largest absolute Gasteiger partial charge is 0.378 e. The second-order valence-corrected chi connectivity index (χ2v) is 6.41. The van der Waals surface area contributed by atoms with Crippen LogP contribution in [-0.2, 0) is 0 Å². The second-order valence-electron chi connectivity index (χ2n) is 5.27. The maximum Gasteiger partial charge on any atom is 0.0533 e. The fourth-order valence-electron chi connectivity index (χ4n) is 2.93. The number of pyridine rings is 1. The van der Waals surface area contributed by atoms with Gasteiger partial charge >= 0.3 is 0 Å². The van der Waals surface area contributed by atoms with Gasteiger partial charge in [0.1, 0.15) is 0 Å². The van der Waals surface area contributed by atoms with Crippen molar-refractivity contribution in [1.29, 1.82) is 0 Å². The third-order valence-electron chi connectivity index (χ3n) is 3.97. The topological polar surface area (TPSA) is 24.9 Å². The molecule has 0 aliphatic carbocycles. The number of rotatable bonds is 2. The highest BCUT2D eigenvalue weighted by atomic mass is 32.2. The number of fused-ring (bicyclic) bond motifs is 2. The zero-order chi connectivity index (χ0) is 14.1. The molecule has 2 nitrogen and oxygen atoms in total. The Bertz CT molecular complexity index is 780. The average Bonchev–Trinajstić information content (AvgIpc) is 2.56. The molecule has 0 bridgehead atoms. The quantitative estimate of drug-likeness (QED) is 0.728. The first-order valence-electron chi connectivity index (χ1n) is 7.23. The minimum atomic E-state index is 0.390. The van der Waals surface area contributed by atoms with Crippen LogP contribution in [0.1, 0.15) is 18.0 Å². The van der Waals surface area contributed by atoms with Gasteiger partial charge in [-0.1, -0.05) is 30.3 Å². The van der Waals surface area contributed by atoms with Crippen LogP contribution in [0.25, 0.3) is 10.8 Å². The van der Waals surface area contributed by atoms with Crippen molar-refractivity contribution in [3.8, 4) is 0 Å². The zero-order valence-electron chi connectivity index (χ0n) is 11.6. The predicted octanol–water partition coefficient (Wildman–Crippen LogP) is 4.88. The SMILES string of the molecule is c1ccc2c(c1)SCCC2Nc1cccc2cnccc12. The number of anilines is 1. The molecule has 3 heteroatoms. The number of nitrogens with zero attached hydrogens (tertiary/aromatic N) is 1. The summed E-state index contributed by atoms with van der Waals surface area (Å²) in [6.07, 6.45) is 4.94. The summed E-state index contributed by atoms with van der Waals surface area (Å²) < 4.78 is 0. The average molecular weight is 292 g/mol. The number of hydrogen-bond acceptors (Lipinski definition) is 3. The summed E-state index contributed by atoms with van der Waals surface area (Å²) in [5.74, 6) is 1.17. The van der Waals surface area contributed by atoms with E-state index in [4.69, 9.17) is 0 Å². The minimum Gasteiger partial charge on any atom is -0.378 e. The molecule has 1 unspecified atom stereocenters. The molecule has 3 aromatic rings. The van der Waals surface area contributed by atoms with Crippen LogP contribution >= 0.6 is 11.8 Å². The smallest absolute Gasteiger partial charge is 0.0533 e. The first-order valence-corrected chi connectivity index (χ1v) is 8.21. The molecule has 1 aliphatic heterocycles. The molecule has 1 aromatic heterocycles. The van der Waals surface area contributed by atoms with Gasteiger partial charge in [-0.05, 0) is 30.2 Å². The normalized spacial score (nSPS) is 17.4. The van der Waals surface area contributed by atoms with E-state index in [2.05, 4.69) is 58.8 Å². The summed E-state index contributed by atoms with van der Waals surface area (Å²) in [7, 11) is 0. The van der Waals surface area contributed by atoms with Crippen LogP contribution in [0.5, 0.6) is 0 Å². The summed E-state index contributed by atoms with van der Waals surface area (Å²) in [6, 6.07) is 17.6. The maximum atomic E-state index is 4.21. The van der Waals surface area contributed by atoms with Crippen molar-refractivity contribution in [3.05, 3.63) is 66.5 Å². The lowest BCUT2D eigenvalue weighted by molar-refractivity contribution is 0.729. The molecule has 2 aromatic carbocycles. The highest BCUT2D eigenvalue weighted by Crippen LogP contribution is 2.38. The summed E-state index contributed by atoms with van der Waals surface area (Å²) >= 11 is 1.96. The van der Waals surface area contributed by atoms with Crippen molar-refractivity contribution in [2.45, 2.75) is 17.4 Å². The predicted molar refractivity (Wildman–Crippen MR) is 89.9 cm³/mol. The van der Waals surface area contributed by atoms with E-state index in [0.717, 1.165) is 6.42 Å². The molecular weight excluding hydrogens is 276 g/mol. The van der Waals surface area contributed by atoms with E-state index in [-0.39, 0.29) is 0 Å². The molecule has 0 radical (unpaired) electrons. The molecule has 4 rings (SSSR count). The number of hydrogen-bond donors (Lipinski definition) is 1. The van der Waals surface area contributed by atoms with Gasteiger partial charge in [0.25, 0.3) is 0 Å². The van der Waals surface area contributed by atoms with E-state index in [9.17, 15) is 0 Å². The van der Waals surface area contributed by atoms with Gasteiger partial charge in [-0.15, -0.1) is 11.8 Å². The van der Waals surface area contributed by atoms with Crippen LogP contribution in [0.15, 0.2) is 65.8 Å². The summed E-state index contributed by atoms with van der Waals surface area (Å²) in [5.41, 5.74) is 2.61. The second kappa shape index (κ2) is 5.41. The Labute approximate surface area is 128 Å². The van der Waals surface area contributed by atoms with Crippen molar-refractivity contribution >= 4 is 28.2 Å². The van der Waals surface area contributed by atoms with Gasteiger partial charge in [0.15, 0.2) is 0 Å². The van der Waals surface area contributed by atoms with E-state index in [1.54, 1.807) is 0 Å². The number of nitrogens with one attached hydrogen (secondary N) is 1. The molecule has 0 saturated heterocycles. The summed E-state index contributed by atoms with van der Waals surface area (Å²) in [5, 5.41) is 6.16. The standard InChI is InChI=1S/C18H16N2S/c1-2-7-18-15(5-1)17(9-11-21-18)20-16-6-3-4-13-12-19-10-8-14(13)16/h1-8,10,12,17,20H,9,11H2. The monoisotopic (exact) mass is 292 g/mol. The molecule has 0 saturated carbocycles. The van der Waals surface area contributed by atoms with E-state index in [1.165, 1.54) is 32.7 Å². The lowest BCUT2D eigenvalue weighted by Crippen LogP contribution is -2.16. The van der Waals surface area contributed by atoms with Crippen LogP contribution in [0, 0.1) is 0 Å². The van der Waals surface area contributed by atoms with Gasteiger partial charge in [-0.3, -0.25) is 4.98 Å². The maximum absolute atomic E-state index is 4.21. The Balaban J connectivity index is 1.73. The highest BCUT2D eigenvalue weighted by Gasteiger charge is 2.20. The molecule has 0 spiro atoms. The van der Waals surface area contributed by atoms with Gasteiger partial charge in [-0.2, -0.15) is 0 Å². The van der Waals surface area contributed by atoms with E-state index < -0.39 is 0 Å². The van der Waals surface area contributed by atoms with Crippen LogP contribution in [0.3, 0.4) is 0 Å². The van der Waals surface area contributed by atoms with Crippen molar-refractivity contribution in [1.82, 2.24) is 4.98 Å². The molecule has 1 aliphatic rings. The van der Waals surface area contributed by atoms with E-state index in [0.29, 0.717) is 6.04 Å². The van der Waals surface area contributed by atoms with Crippen molar-refractivity contribution < 1.29 is 0 Å².